The van der Waals surface area contributed by atoms with Crippen molar-refractivity contribution in [3.8, 4) is 0 Å². The van der Waals surface area contributed by atoms with Crippen LogP contribution in [0.15, 0.2) is 53.9 Å². The number of hydrogen-bond donors (Lipinski definition) is 1. The Labute approximate surface area is 214 Å². The molecule has 0 aliphatic carbocycles. The Bertz CT molecular complexity index is 1210. The average molecular weight is 517 g/mol. The molecule has 198 valence electrons. The summed E-state index contributed by atoms with van der Waals surface area (Å²) < 4.78 is 48.5. The Balaban J connectivity index is 1.81. The van der Waals surface area contributed by atoms with Gasteiger partial charge in [0.2, 0.25) is 11.9 Å². The van der Waals surface area contributed by atoms with Crippen molar-refractivity contribution in [1.82, 2.24) is 9.80 Å². The molecule has 37 heavy (non-hydrogen) atoms. The lowest BCUT2D eigenvalue weighted by Gasteiger charge is -2.41. The highest BCUT2D eigenvalue weighted by atomic mass is 19.4. The molecule has 10 heteroatoms. The van der Waals surface area contributed by atoms with Gasteiger partial charge in [-0.15, -0.1) is 0 Å². The number of rotatable bonds is 7. The van der Waals surface area contributed by atoms with Crippen LogP contribution in [0.5, 0.6) is 0 Å². The van der Waals surface area contributed by atoms with E-state index in [0.717, 1.165) is 32.8 Å². The highest BCUT2D eigenvalue weighted by molar-refractivity contribution is 5.90. The molecule has 2 aliphatic heterocycles. The minimum Gasteiger partial charge on any atom is -0.456 e. The van der Waals surface area contributed by atoms with Crippen LogP contribution in [0.3, 0.4) is 0 Å². The van der Waals surface area contributed by atoms with E-state index in [-0.39, 0.29) is 31.0 Å². The third kappa shape index (κ3) is 4.84. The number of carbonyl (C=O) groups is 2. The summed E-state index contributed by atoms with van der Waals surface area (Å²) in [6, 6.07) is 10.3. The average Bonchev–Trinajstić information content (AvgIpc) is 3.35. The van der Waals surface area contributed by atoms with Crippen molar-refractivity contribution in [2.75, 3.05) is 18.0 Å². The van der Waals surface area contributed by atoms with E-state index in [1.807, 2.05) is 43.9 Å². The molecule has 2 atom stereocenters. The van der Waals surface area contributed by atoms with Crippen molar-refractivity contribution in [1.29, 1.82) is 0 Å². The first-order chi connectivity index (χ1) is 17.5. The highest BCUT2D eigenvalue weighted by Gasteiger charge is 2.58. The number of amides is 1. The van der Waals surface area contributed by atoms with Crippen LogP contribution in [0.4, 0.5) is 18.9 Å². The summed E-state index contributed by atoms with van der Waals surface area (Å²) in [4.78, 5) is 30.0. The molecule has 0 saturated carbocycles. The van der Waals surface area contributed by atoms with Gasteiger partial charge in [-0.05, 0) is 43.9 Å². The standard InChI is InChI=1S/C27H31F3N4O3/c1-5-20-22(25(36)37-15-19-9-7-6-8-10-19)33-12-11-32(21-17(3)13-16(2)14-18(21)4)26(33)34(20)23(24(31)35)27(28,29)30/h6-10,13-14,23,26H,5,11-12,15H2,1-4H3,(H2,31,35). The second-order valence-electron chi connectivity index (χ2n) is 9.44. The lowest BCUT2D eigenvalue weighted by Crippen LogP contribution is -2.60. The summed E-state index contributed by atoms with van der Waals surface area (Å²) in [5.74, 6) is -2.26. The van der Waals surface area contributed by atoms with Crippen molar-refractivity contribution < 1.29 is 27.5 Å². The number of ether oxygens (including phenoxy) is 1. The number of benzene rings is 2. The number of nitrogens with two attached hydrogens (primary N) is 1. The second-order valence-corrected chi connectivity index (χ2v) is 9.44. The Morgan fingerprint density at radius 2 is 1.65 bits per heavy atom. The van der Waals surface area contributed by atoms with Crippen molar-refractivity contribution in [3.63, 3.8) is 0 Å². The third-order valence-corrected chi connectivity index (χ3v) is 6.78. The van der Waals surface area contributed by atoms with Gasteiger partial charge in [0.05, 0.1) is 0 Å². The van der Waals surface area contributed by atoms with Gasteiger partial charge in [0.15, 0.2) is 6.29 Å². The fraction of sp³-hybridized carbons (Fsp3) is 0.407. The molecule has 1 fully saturated rings. The zero-order valence-electron chi connectivity index (χ0n) is 21.3. The number of halogens is 3. The van der Waals surface area contributed by atoms with Crippen molar-refractivity contribution in [2.45, 2.75) is 59.2 Å². The molecule has 0 aromatic heterocycles. The lowest BCUT2D eigenvalue weighted by atomic mass is 10.0. The molecule has 2 N–H and O–H groups in total. The van der Waals surface area contributed by atoms with E-state index >= 15 is 0 Å². The van der Waals surface area contributed by atoms with Crippen LogP contribution < -0.4 is 10.6 Å². The normalized spacial score (nSPS) is 18.4. The van der Waals surface area contributed by atoms with Crippen molar-refractivity contribution in [3.05, 3.63) is 76.1 Å². The predicted octanol–water partition coefficient (Wildman–Crippen LogP) is 4.11. The van der Waals surface area contributed by atoms with Gasteiger partial charge in [-0.3, -0.25) is 4.79 Å². The maximum Gasteiger partial charge on any atom is 0.417 e. The first kappa shape index (κ1) is 26.4. The predicted molar refractivity (Wildman–Crippen MR) is 133 cm³/mol. The number of nitrogens with zero attached hydrogens (tertiary/aromatic N) is 3. The van der Waals surface area contributed by atoms with Gasteiger partial charge in [0.1, 0.15) is 12.3 Å². The highest BCUT2D eigenvalue weighted by Crippen LogP contribution is 2.44. The van der Waals surface area contributed by atoms with Crippen LogP contribution in [0.25, 0.3) is 0 Å². The topological polar surface area (TPSA) is 79.1 Å². The molecular formula is C27H31F3N4O3. The molecule has 1 saturated heterocycles. The van der Waals surface area contributed by atoms with Gasteiger partial charge < -0.3 is 25.2 Å². The number of hydrogen-bond acceptors (Lipinski definition) is 6. The maximum atomic E-state index is 14.3. The molecule has 1 amide bonds. The van der Waals surface area contributed by atoms with Crippen LogP contribution in [-0.2, 0) is 20.9 Å². The summed E-state index contributed by atoms with van der Waals surface area (Å²) in [6.45, 7) is 7.99. The van der Waals surface area contributed by atoms with Crippen LogP contribution in [-0.4, -0.2) is 53.3 Å². The minimum atomic E-state index is -4.95. The van der Waals surface area contributed by atoms with Crippen molar-refractivity contribution in [2.24, 2.45) is 5.73 Å². The fourth-order valence-electron chi connectivity index (χ4n) is 5.54. The zero-order valence-corrected chi connectivity index (χ0v) is 21.3. The number of fused-ring (bicyclic) bond motifs is 1. The van der Waals surface area contributed by atoms with Crippen LogP contribution in [0.1, 0.15) is 35.6 Å². The summed E-state index contributed by atoms with van der Waals surface area (Å²) >= 11 is 0. The molecule has 4 rings (SSSR count). The summed E-state index contributed by atoms with van der Waals surface area (Å²) in [6.07, 6.45) is -5.94. The van der Waals surface area contributed by atoms with E-state index in [0.29, 0.717) is 6.54 Å². The van der Waals surface area contributed by atoms with Gasteiger partial charge in [-0.1, -0.05) is 55.0 Å². The molecule has 2 aromatic rings. The fourth-order valence-corrected chi connectivity index (χ4v) is 5.54. The van der Waals surface area contributed by atoms with Crippen molar-refractivity contribution >= 4 is 17.6 Å². The van der Waals surface area contributed by atoms with E-state index in [4.69, 9.17) is 10.5 Å². The van der Waals surface area contributed by atoms with Gasteiger partial charge in [0, 0.05) is 24.5 Å². The number of carbonyl (C=O) groups excluding carboxylic acids is 2. The molecule has 0 radical (unpaired) electrons. The number of anilines is 1. The van der Waals surface area contributed by atoms with Gasteiger partial charge in [-0.25, -0.2) is 4.79 Å². The van der Waals surface area contributed by atoms with E-state index in [2.05, 4.69) is 0 Å². The Morgan fingerprint density at radius 3 is 2.19 bits per heavy atom. The SMILES string of the molecule is CCC1=C(C(=O)OCc2ccccc2)N2CCN(c3c(C)cc(C)cc3C)C2N1C(C(N)=O)C(F)(F)F. The molecule has 2 unspecified atom stereocenters. The first-order valence-corrected chi connectivity index (χ1v) is 12.1. The van der Waals surface area contributed by atoms with Gasteiger partial charge in [-0.2, -0.15) is 13.2 Å². The molecular weight excluding hydrogens is 485 g/mol. The summed E-state index contributed by atoms with van der Waals surface area (Å²) in [5.41, 5.74) is 9.78. The van der Waals surface area contributed by atoms with Crippen LogP contribution >= 0.6 is 0 Å². The van der Waals surface area contributed by atoms with E-state index in [9.17, 15) is 22.8 Å². The monoisotopic (exact) mass is 516 g/mol. The smallest absolute Gasteiger partial charge is 0.417 e. The molecule has 2 heterocycles. The quantitative estimate of drug-likeness (QED) is 0.558. The zero-order chi connectivity index (χ0) is 27.1. The molecule has 2 aromatic carbocycles. The molecule has 2 aliphatic rings. The van der Waals surface area contributed by atoms with Gasteiger partial charge >= 0.3 is 12.1 Å². The van der Waals surface area contributed by atoms with E-state index in [1.165, 1.54) is 0 Å². The van der Waals surface area contributed by atoms with Crippen LogP contribution in [0, 0.1) is 20.8 Å². The number of primary amides is 1. The lowest BCUT2D eigenvalue weighted by molar-refractivity contribution is -0.189. The largest absolute Gasteiger partial charge is 0.456 e. The summed E-state index contributed by atoms with van der Waals surface area (Å²) in [5, 5.41) is 0. The summed E-state index contributed by atoms with van der Waals surface area (Å²) in [7, 11) is 0. The third-order valence-electron chi connectivity index (χ3n) is 6.78. The Hall–Kier alpha value is -3.69. The van der Waals surface area contributed by atoms with E-state index in [1.54, 1.807) is 36.1 Å². The van der Waals surface area contributed by atoms with Crippen LogP contribution in [0.2, 0.25) is 0 Å². The maximum absolute atomic E-state index is 14.3. The number of esters is 1. The molecule has 0 spiro atoms. The van der Waals surface area contributed by atoms with E-state index < -0.39 is 30.4 Å². The number of aryl methyl sites for hydroxylation is 3. The first-order valence-electron chi connectivity index (χ1n) is 12.1. The molecule has 0 bridgehead atoms. The number of allylic oxidation sites excluding steroid dienone is 1. The minimum absolute atomic E-state index is 0.0307. The second kappa shape index (κ2) is 9.99. The Morgan fingerprint density at radius 1 is 1.05 bits per heavy atom. The Kier molecular flexibility index (Phi) is 7.12. The van der Waals surface area contributed by atoms with Gasteiger partial charge in [0.25, 0.3) is 0 Å². The number of alkyl halides is 3. The molecule has 7 nitrogen and oxygen atoms in total.